The topological polar surface area (TPSA) is 30.7 Å². The molecular weight excluding hydrogens is 579 g/mol. The number of nitrogens with zero attached hydrogens (tertiary/aromatic N) is 3. The van der Waals surface area contributed by atoms with Gasteiger partial charge < -0.3 is 4.57 Å². The van der Waals surface area contributed by atoms with Crippen LogP contribution < -0.4 is 0 Å². The molecule has 46 heavy (non-hydrogen) atoms. The fourth-order valence-electron chi connectivity index (χ4n) is 6.40. The molecule has 0 aliphatic rings. The van der Waals surface area contributed by atoms with Crippen LogP contribution in [0.3, 0.4) is 0 Å². The third kappa shape index (κ3) is 4.50. The SMILES string of the molecule is c1ccc(-c2cc(-c3ccccc3)nc(-c3ccc(-c4ccc5c(c4)sc4c6ccccc6n(-c6ccccc6)c54)cc3)n2)cc1. The lowest BCUT2D eigenvalue weighted by atomic mass is 10.0. The lowest BCUT2D eigenvalue weighted by molar-refractivity contribution is 1.18. The largest absolute Gasteiger partial charge is 0.308 e. The van der Waals surface area contributed by atoms with E-state index in [1.807, 2.05) is 47.7 Å². The average molecular weight is 606 g/mol. The number of thiophene rings is 1. The minimum atomic E-state index is 0.719. The molecule has 3 nitrogen and oxygen atoms in total. The summed E-state index contributed by atoms with van der Waals surface area (Å²) in [7, 11) is 0. The van der Waals surface area contributed by atoms with Crippen LogP contribution in [0.1, 0.15) is 0 Å². The molecule has 0 saturated carbocycles. The summed E-state index contributed by atoms with van der Waals surface area (Å²) in [6.07, 6.45) is 0. The normalized spacial score (nSPS) is 11.5. The summed E-state index contributed by atoms with van der Waals surface area (Å²) in [5.74, 6) is 0.719. The van der Waals surface area contributed by atoms with Gasteiger partial charge in [-0.3, -0.25) is 0 Å². The van der Waals surface area contributed by atoms with Crippen molar-refractivity contribution in [3.8, 4) is 50.7 Å². The van der Waals surface area contributed by atoms with Crippen LogP contribution in [0.4, 0.5) is 0 Å². The Morgan fingerprint density at radius 2 is 1.00 bits per heavy atom. The lowest BCUT2D eigenvalue weighted by Crippen LogP contribution is -1.95. The summed E-state index contributed by atoms with van der Waals surface area (Å²) in [6.45, 7) is 0. The van der Waals surface area contributed by atoms with Crippen LogP contribution in [0.25, 0.3) is 81.9 Å². The molecule has 0 N–H and O–H groups in total. The fraction of sp³-hybridized carbons (Fsp3) is 0. The summed E-state index contributed by atoms with van der Waals surface area (Å²) >= 11 is 1.87. The molecule has 0 aliphatic heterocycles. The van der Waals surface area contributed by atoms with Crippen molar-refractivity contribution in [2.45, 2.75) is 0 Å². The second kappa shape index (κ2) is 11.0. The van der Waals surface area contributed by atoms with Gasteiger partial charge in [-0.15, -0.1) is 11.3 Å². The number of benzene rings is 6. The van der Waals surface area contributed by atoms with Gasteiger partial charge in [0.05, 0.1) is 27.1 Å². The van der Waals surface area contributed by atoms with Crippen molar-refractivity contribution in [3.05, 3.63) is 164 Å². The highest BCUT2D eigenvalue weighted by Crippen LogP contribution is 2.43. The molecule has 0 atom stereocenters. The molecule has 0 bridgehead atoms. The highest BCUT2D eigenvalue weighted by atomic mass is 32.1. The Bertz CT molecular complexity index is 2440. The Balaban J connectivity index is 1.13. The monoisotopic (exact) mass is 605 g/mol. The molecule has 0 radical (unpaired) electrons. The van der Waals surface area contributed by atoms with Gasteiger partial charge in [0.2, 0.25) is 0 Å². The number of fused-ring (bicyclic) bond motifs is 5. The van der Waals surface area contributed by atoms with Gasteiger partial charge in [-0.2, -0.15) is 0 Å². The van der Waals surface area contributed by atoms with E-state index in [-0.39, 0.29) is 0 Å². The molecule has 9 rings (SSSR count). The van der Waals surface area contributed by atoms with Gasteiger partial charge in [0, 0.05) is 37.9 Å². The highest BCUT2D eigenvalue weighted by Gasteiger charge is 2.18. The quantitative estimate of drug-likeness (QED) is 0.195. The molecule has 3 heterocycles. The van der Waals surface area contributed by atoms with Gasteiger partial charge in [-0.1, -0.05) is 133 Å². The summed E-state index contributed by atoms with van der Waals surface area (Å²) in [4.78, 5) is 10.0. The van der Waals surface area contributed by atoms with Gasteiger partial charge in [0.15, 0.2) is 5.82 Å². The van der Waals surface area contributed by atoms with E-state index in [1.54, 1.807) is 0 Å². The van der Waals surface area contributed by atoms with Crippen LogP contribution in [0.2, 0.25) is 0 Å². The van der Waals surface area contributed by atoms with Crippen molar-refractivity contribution in [3.63, 3.8) is 0 Å². The van der Waals surface area contributed by atoms with Crippen LogP contribution in [0, 0.1) is 0 Å². The maximum Gasteiger partial charge on any atom is 0.160 e. The van der Waals surface area contributed by atoms with Crippen LogP contribution in [-0.2, 0) is 0 Å². The molecule has 0 amide bonds. The first-order valence-corrected chi connectivity index (χ1v) is 16.2. The molecule has 6 aromatic carbocycles. The Morgan fingerprint density at radius 3 is 1.67 bits per heavy atom. The summed E-state index contributed by atoms with van der Waals surface area (Å²) in [5.41, 5.74) is 11.0. The molecular formula is C42H27N3S. The number of aromatic nitrogens is 3. The minimum absolute atomic E-state index is 0.719. The molecule has 0 saturated heterocycles. The number of hydrogen-bond donors (Lipinski definition) is 0. The standard InChI is InChI=1S/C42H27N3S/c1-4-12-29(13-5-1)36-27-37(30-14-6-2-7-15-30)44-42(43-36)31-22-20-28(21-23-31)32-24-25-35-39(26-32)46-41-34-18-10-11-19-38(34)45(40(35)41)33-16-8-3-9-17-33/h1-27H. The van der Waals surface area contributed by atoms with Crippen molar-refractivity contribution in [2.24, 2.45) is 0 Å². The van der Waals surface area contributed by atoms with E-state index in [4.69, 9.17) is 9.97 Å². The zero-order valence-corrected chi connectivity index (χ0v) is 25.7. The average Bonchev–Trinajstić information content (AvgIpc) is 3.67. The van der Waals surface area contributed by atoms with Gasteiger partial charge in [-0.25, -0.2) is 9.97 Å². The summed E-state index contributed by atoms with van der Waals surface area (Å²) in [5, 5.41) is 2.57. The Kier molecular flexibility index (Phi) is 6.32. The van der Waals surface area contributed by atoms with E-state index in [0.29, 0.717) is 0 Å². The smallest absolute Gasteiger partial charge is 0.160 e. The van der Waals surface area contributed by atoms with E-state index in [2.05, 4.69) is 132 Å². The third-order valence-electron chi connectivity index (χ3n) is 8.63. The predicted octanol–water partition coefficient (Wildman–Crippen LogP) is 11.5. The maximum atomic E-state index is 5.01. The van der Waals surface area contributed by atoms with Crippen LogP contribution in [0.5, 0.6) is 0 Å². The Hall–Kier alpha value is -5.84. The highest BCUT2D eigenvalue weighted by molar-refractivity contribution is 7.26. The van der Waals surface area contributed by atoms with E-state index in [1.165, 1.54) is 48.0 Å². The molecule has 3 aromatic heterocycles. The van der Waals surface area contributed by atoms with Crippen molar-refractivity contribution >= 4 is 42.5 Å². The van der Waals surface area contributed by atoms with E-state index in [0.717, 1.165) is 33.9 Å². The molecule has 0 fully saturated rings. The maximum absolute atomic E-state index is 5.01. The van der Waals surface area contributed by atoms with Crippen LogP contribution >= 0.6 is 11.3 Å². The Morgan fingerprint density at radius 1 is 0.435 bits per heavy atom. The Labute approximate surface area is 270 Å². The molecule has 216 valence electrons. The first-order valence-electron chi connectivity index (χ1n) is 15.4. The van der Waals surface area contributed by atoms with Crippen LogP contribution in [0.15, 0.2) is 164 Å². The van der Waals surface area contributed by atoms with Crippen molar-refractivity contribution < 1.29 is 0 Å². The second-order valence-corrected chi connectivity index (χ2v) is 12.5. The molecule has 0 aliphatic carbocycles. The molecule has 0 spiro atoms. The summed E-state index contributed by atoms with van der Waals surface area (Å²) < 4.78 is 5.02. The number of para-hydroxylation sites is 2. The van der Waals surface area contributed by atoms with E-state index in [9.17, 15) is 0 Å². The molecule has 4 heteroatoms. The van der Waals surface area contributed by atoms with E-state index < -0.39 is 0 Å². The number of hydrogen-bond acceptors (Lipinski definition) is 3. The van der Waals surface area contributed by atoms with Crippen molar-refractivity contribution in [2.75, 3.05) is 0 Å². The zero-order chi connectivity index (χ0) is 30.5. The first kappa shape index (κ1) is 26.6. The lowest BCUT2D eigenvalue weighted by Gasteiger charge is -2.10. The third-order valence-corrected chi connectivity index (χ3v) is 9.81. The fourth-order valence-corrected chi connectivity index (χ4v) is 7.66. The van der Waals surface area contributed by atoms with Crippen LogP contribution in [-0.4, -0.2) is 14.5 Å². The molecule has 9 aromatic rings. The van der Waals surface area contributed by atoms with Crippen molar-refractivity contribution in [1.82, 2.24) is 14.5 Å². The van der Waals surface area contributed by atoms with E-state index >= 15 is 0 Å². The molecule has 0 unspecified atom stereocenters. The van der Waals surface area contributed by atoms with Gasteiger partial charge in [0.25, 0.3) is 0 Å². The summed E-state index contributed by atoms with van der Waals surface area (Å²) in [6, 6.07) is 57.6. The minimum Gasteiger partial charge on any atom is -0.308 e. The zero-order valence-electron chi connectivity index (χ0n) is 24.8. The number of rotatable bonds is 5. The van der Waals surface area contributed by atoms with Gasteiger partial charge in [0.1, 0.15) is 0 Å². The first-order chi connectivity index (χ1) is 22.8. The van der Waals surface area contributed by atoms with Crippen molar-refractivity contribution in [1.29, 1.82) is 0 Å². The predicted molar refractivity (Wildman–Crippen MR) is 193 cm³/mol. The second-order valence-electron chi connectivity index (χ2n) is 11.5. The van der Waals surface area contributed by atoms with Gasteiger partial charge in [-0.05, 0) is 41.5 Å². The van der Waals surface area contributed by atoms with Gasteiger partial charge >= 0.3 is 0 Å².